The van der Waals surface area contributed by atoms with Crippen molar-refractivity contribution in [2.45, 2.75) is 12.6 Å². The number of aliphatic hydroxyl groups is 1. The molecular formula is C25H20ClNO4. The Hall–Kier alpha value is -3.57. The van der Waals surface area contributed by atoms with Crippen molar-refractivity contribution in [3.63, 3.8) is 0 Å². The molecule has 0 aliphatic carbocycles. The number of carbonyl (C=O) groups is 2. The summed E-state index contributed by atoms with van der Waals surface area (Å²) in [6, 6.07) is 22.3. The first kappa shape index (κ1) is 20.7. The minimum absolute atomic E-state index is 0.0495. The molecule has 1 heterocycles. The molecule has 3 aromatic rings. The van der Waals surface area contributed by atoms with Crippen molar-refractivity contribution in [2.75, 3.05) is 7.11 Å². The van der Waals surface area contributed by atoms with Crippen LogP contribution in [0.15, 0.2) is 84.4 Å². The first-order valence-electron chi connectivity index (χ1n) is 9.72. The molecule has 3 aromatic carbocycles. The van der Waals surface area contributed by atoms with Gasteiger partial charge in [0.25, 0.3) is 11.7 Å². The summed E-state index contributed by atoms with van der Waals surface area (Å²) in [5, 5.41) is 11.5. The SMILES string of the molecule is COc1ccc([C@@H]2/C(=C(\O)c3ccc(Cl)cc3)C(=O)C(=O)N2Cc2ccccc2)cc1. The van der Waals surface area contributed by atoms with E-state index in [1.54, 1.807) is 55.6 Å². The lowest BCUT2D eigenvalue weighted by Crippen LogP contribution is -2.29. The topological polar surface area (TPSA) is 66.8 Å². The van der Waals surface area contributed by atoms with Gasteiger partial charge in [-0.05, 0) is 47.5 Å². The van der Waals surface area contributed by atoms with Crippen LogP contribution in [0.1, 0.15) is 22.7 Å². The summed E-state index contributed by atoms with van der Waals surface area (Å²) in [6.07, 6.45) is 0. The van der Waals surface area contributed by atoms with Gasteiger partial charge >= 0.3 is 0 Å². The molecule has 4 rings (SSSR count). The number of rotatable bonds is 5. The largest absolute Gasteiger partial charge is 0.507 e. The van der Waals surface area contributed by atoms with Gasteiger partial charge in [-0.2, -0.15) is 0 Å². The van der Waals surface area contributed by atoms with Crippen LogP contribution in [0.2, 0.25) is 5.02 Å². The molecule has 1 fully saturated rings. The van der Waals surface area contributed by atoms with E-state index in [9.17, 15) is 14.7 Å². The Balaban J connectivity index is 1.85. The van der Waals surface area contributed by atoms with E-state index in [1.807, 2.05) is 30.3 Å². The molecule has 5 nitrogen and oxygen atoms in total. The zero-order valence-corrected chi connectivity index (χ0v) is 17.5. The molecule has 1 saturated heterocycles. The lowest BCUT2D eigenvalue weighted by atomic mass is 9.95. The maximum absolute atomic E-state index is 13.0. The number of benzene rings is 3. The molecule has 1 amide bonds. The molecule has 31 heavy (non-hydrogen) atoms. The highest BCUT2D eigenvalue weighted by Gasteiger charge is 2.46. The molecule has 6 heteroatoms. The third-order valence-corrected chi connectivity index (χ3v) is 5.54. The van der Waals surface area contributed by atoms with E-state index in [-0.39, 0.29) is 17.9 Å². The Bertz CT molecular complexity index is 1140. The quantitative estimate of drug-likeness (QED) is 0.350. The molecule has 0 aromatic heterocycles. The number of hydrogen-bond acceptors (Lipinski definition) is 4. The Kier molecular flexibility index (Phi) is 5.78. The van der Waals surface area contributed by atoms with E-state index in [1.165, 1.54) is 4.90 Å². The summed E-state index contributed by atoms with van der Waals surface area (Å²) in [5.74, 6) is -0.947. The molecule has 1 N–H and O–H groups in total. The maximum atomic E-state index is 13.0. The third-order valence-electron chi connectivity index (χ3n) is 5.28. The van der Waals surface area contributed by atoms with Crippen LogP contribution >= 0.6 is 11.6 Å². The molecule has 1 aliphatic heterocycles. The number of amides is 1. The highest BCUT2D eigenvalue weighted by molar-refractivity contribution is 6.46. The average Bonchev–Trinajstić information content (AvgIpc) is 3.05. The Morgan fingerprint density at radius 1 is 0.968 bits per heavy atom. The molecule has 0 saturated carbocycles. The van der Waals surface area contributed by atoms with Gasteiger partial charge in [-0.1, -0.05) is 54.1 Å². The molecule has 1 aliphatic rings. The number of likely N-dealkylation sites (tertiary alicyclic amines) is 1. The van der Waals surface area contributed by atoms with Crippen LogP contribution in [0, 0.1) is 0 Å². The number of ketones is 1. The molecule has 1 atom stereocenters. The second-order valence-corrected chi connectivity index (χ2v) is 7.63. The average molecular weight is 434 g/mol. The highest BCUT2D eigenvalue weighted by Crippen LogP contribution is 2.40. The zero-order chi connectivity index (χ0) is 22.0. The Morgan fingerprint density at radius 3 is 2.23 bits per heavy atom. The van der Waals surface area contributed by atoms with Gasteiger partial charge in [-0.25, -0.2) is 0 Å². The number of hydrogen-bond donors (Lipinski definition) is 1. The van der Waals surface area contributed by atoms with E-state index in [2.05, 4.69) is 0 Å². The monoisotopic (exact) mass is 433 g/mol. The molecule has 0 radical (unpaired) electrons. The number of halogens is 1. The van der Waals surface area contributed by atoms with Crippen LogP contribution in [-0.2, 0) is 16.1 Å². The molecular weight excluding hydrogens is 414 g/mol. The third kappa shape index (κ3) is 4.05. The van der Waals surface area contributed by atoms with Crippen molar-refractivity contribution < 1.29 is 19.4 Å². The predicted octanol–water partition coefficient (Wildman–Crippen LogP) is 4.97. The van der Waals surface area contributed by atoms with E-state index in [0.29, 0.717) is 21.9 Å². The van der Waals surface area contributed by atoms with E-state index in [0.717, 1.165) is 5.56 Å². The standard InChI is InChI=1S/C25H20ClNO4/c1-31-20-13-9-17(10-14-20)22-21(23(28)18-7-11-19(26)12-8-18)24(29)25(30)27(22)15-16-5-3-2-4-6-16/h2-14,22,28H,15H2,1H3/b23-21+/t22-/m1/s1. The van der Waals surface area contributed by atoms with Gasteiger partial charge in [0, 0.05) is 17.1 Å². The molecule has 0 unspecified atom stereocenters. The van der Waals surface area contributed by atoms with E-state index >= 15 is 0 Å². The van der Waals surface area contributed by atoms with Crippen LogP contribution in [0.3, 0.4) is 0 Å². The number of aliphatic hydroxyl groups excluding tert-OH is 1. The highest BCUT2D eigenvalue weighted by atomic mass is 35.5. The minimum atomic E-state index is -0.734. The van der Waals surface area contributed by atoms with Crippen molar-refractivity contribution in [1.29, 1.82) is 0 Å². The van der Waals surface area contributed by atoms with Gasteiger partial charge in [0.05, 0.1) is 18.7 Å². The number of nitrogens with zero attached hydrogens (tertiary/aromatic N) is 1. The smallest absolute Gasteiger partial charge is 0.295 e. The first-order chi connectivity index (χ1) is 15.0. The number of carbonyl (C=O) groups excluding carboxylic acids is 2. The van der Waals surface area contributed by atoms with Crippen molar-refractivity contribution in [1.82, 2.24) is 4.90 Å². The summed E-state index contributed by atoms with van der Waals surface area (Å²) in [5.41, 5.74) is 2.05. The second kappa shape index (κ2) is 8.66. The molecule has 0 spiro atoms. The van der Waals surface area contributed by atoms with Crippen LogP contribution in [0.25, 0.3) is 5.76 Å². The maximum Gasteiger partial charge on any atom is 0.295 e. The van der Waals surface area contributed by atoms with Crippen molar-refractivity contribution in [3.8, 4) is 5.75 Å². The lowest BCUT2D eigenvalue weighted by molar-refractivity contribution is -0.140. The number of Topliss-reactive ketones (excluding diaryl/α,β-unsaturated/α-hetero) is 1. The predicted molar refractivity (Wildman–Crippen MR) is 119 cm³/mol. The number of ether oxygens (including phenoxy) is 1. The van der Waals surface area contributed by atoms with Crippen molar-refractivity contribution >= 4 is 29.1 Å². The van der Waals surface area contributed by atoms with Crippen LogP contribution in [0.5, 0.6) is 5.75 Å². The minimum Gasteiger partial charge on any atom is -0.507 e. The summed E-state index contributed by atoms with van der Waals surface area (Å²) in [7, 11) is 1.57. The van der Waals surface area contributed by atoms with Gasteiger partial charge in [0.1, 0.15) is 11.5 Å². The second-order valence-electron chi connectivity index (χ2n) is 7.19. The van der Waals surface area contributed by atoms with E-state index < -0.39 is 17.7 Å². The first-order valence-corrected chi connectivity index (χ1v) is 10.1. The van der Waals surface area contributed by atoms with Gasteiger partial charge in [0.15, 0.2) is 0 Å². The lowest BCUT2D eigenvalue weighted by Gasteiger charge is -2.25. The van der Waals surface area contributed by atoms with Crippen molar-refractivity contribution in [3.05, 3.63) is 106 Å². The van der Waals surface area contributed by atoms with Crippen LogP contribution in [-0.4, -0.2) is 28.8 Å². The van der Waals surface area contributed by atoms with E-state index in [4.69, 9.17) is 16.3 Å². The fourth-order valence-corrected chi connectivity index (χ4v) is 3.85. The number of methoxy groups -OCH3 is 1. The van der Waals surface area contributed by atoms with Gasteiger partial charge in [-0.15, -0.1) is 0 Å². The van der Waals surface area contributed by atoms with Crippen LogP contribution < -0.4 is 4.74 Å². The summed E-state index contributed by atoms with van der Waals surface area (Å²) in [4.78, 5) is 27.5. The van der Waals surface area contributed by atoms with Gasteiger partial charge in [-0.3, -0.25) is 9.59 Å². The van der Waals surface area contributed by atoms with Gasteiger partial charge in [0.2, 0.25) is 0 Å². The van der Waals surface area contributed by atoms with Crippen molar-refractivity contribution in [2.24, 2.45) is 0 Å². The Morgan fingerprint density at radius 2 is 1.61 bits per heavy atom. The zero-order valence-electron chi connectivity index (χ0n) is 16.8. The summed E-state index contributed by atoms with van der Waals surface area (Å²) in [6.45, 7) is 0.236. The molecule has 0 bridgehead atoms. The molecule has 156 valence electrons. The van der Waals surface area contributed by atoms with Crippen LogP contribution in [0.4, 0.5) is 0 Å². The van der Waals surface area contributed by atoms with Gasteiger partial charge < -0.3 is 14.7 Å². The fraction of sp³-hybridized carbons (Fsp3) is 0.120. The fourth-order valence-electron chi connectivity index (χ4n) is 3.72. The summed E-state index contributed by atoms with van der Waals surface area (Å²) < 4.78 is 5.23. The summed E-state index contributed by atoms with van der Waals surface area (Å²) >= 11 is 5.96. The Labute approximate surface area is 185 Å². The normalized spacial score (nSPS) is 17.7.